The largest absolute Gasteiger partial charge is 0.337 e. The molecule has 0 fully saturated rings. The fraction of sp³-hybridized carbons (Fsp3) is 0.0345. The third-order valence-electron chi connectivity index (χ3n) is 5.53. The monoisotopic (exact) mass is 464 g/mol. The van der Waals surface area contributed by atoms with Crippen molar-refractivity contribution in [2.24, 2.45) is 11.5 Å². The molecule has 0 heterocycles. The second kappa shape index (κ2) is 13.9. The first-order valence-electron chi connectivity index (χ1n) is 10.7. The molecule has 0 saturated heterocycles. The Morgan fingerprint density at radius 1 is 0.618 bits per heavy atom. The van der Waals surface area contributed by atoms with E-state index in [1.807, 2.05) is 6.08 Å². The van der Waals surface area contributed by atoms with Gasteiger partial charge in [0.15, 0.2) is 12.4 Å². The van der Waals surface area contributed by atoms with Crippen molar-refractivity contribution in [2.45, 2.75) is 6.16 Å². The zero-order valence-corrected chi connectivity index (χ0v) is 20.0. The Hall–Kier alpha value is -4.37. The number of nitriles is 2. The molecule has 0 atom stereocenters. The van der Waals surface area contributed by atoms with Gasteiger partial charge in [0.05, 0.1) is 0 Å². The molecule has 0 amide bonds. The van der Waals surface area contributed by atoms with Gasteiger partial charge in [-0.3, -0.25) is 0 Å². The number of benzene rings is 4. The molecule has 0 aromatic heterocycles. The van der Waals surface area contributed by atoms with Crippen molar-refractivity contribution in [3.8, 4) is 12.4 Å². The molecule has 0 bridgehead atoms. The van der Waals surface area contributed by atoms with E-state index in [1.165, 1.54) is 39.4 Å². The van der Waals surface area contributed by atoms with Crippen molar-refractivity contribution in [3.63, 3.8) is 0 Å². The Labute approximate surface area is 202 Å². The zero-order chi connectivity index (χ0) is 24.7. The Morgan fingerprint density at radius 2 is 0.941 bits per heavy atom. The van der Waals surface area contributed by atoms with Crippen LogP contribution < -0.4 is 27.4 Å². The van der Waals surface area contributed by atoms with E-state index in [0.717, 1.165) is 6.16 Å². The van der Waals surface area contributed by atoms with E-state index in [1.54, 1.807) is 0 Å². The molecule has 4 N–H and O–H groups in total. The van der Waals surface area contributed by atoms with E-state index < -0.39 is 7.26 Å². The van der Waals surface area contributed by atoms with Gasteiger partial charge in [-0.05, 0) is 0 Å². The van der Waals surface area contributed by atoms with Crippen LogP contribution in [0.2, 0.25) is 0 Å². The molecule has 4 rings (SSSR count). The molecule has 0 aliphatic heterocycles. The van der Waals surface area contributed by atoms with E-state index in [0.29, 0.717) is 0 Å². The second-order valence-electron chi connectivity index (χ2n) is 7.34. The van der Waals surface area contributed by atoms with Crippen molar-refractivity contribution < 1.29 is 0 Å². The van der Waals surface area contributed by atoms with Gasteiger partial charge in [-0.2, -0.15) is 10.5 Å². The third kappa shape index (κ3) is 6.33. The molecule has 5 heteroatoms. The van der Waals surface area contributed by atoms with Gasteiger partial charge in [0.1, 0.15) is 0 Å². The van der Waals surface area contributed by atoms with E-state index in [-0.39, 0.29) is 0 Å². The Morgan fingerprint density at radius 3 is 1.29 bits per heavy atom. The predicted molar refractivity (Wildman–Crippen MR) is 146 cm³/mol. The fourth-order valence-electron chi connectivity index (χ4n) is 4.15. The van der Waals surface area contributed by atoms with Gasteiger partial charge in [0, 0.05) is 0 Å². The van der Waals surface area contributed by atoms with Gasteiger partial charge in [-0.15, -0.1) is 0 Å². The summed E-state index contributed by atoms with van der Waals surface area (Å²) in [5.41, 5.74) is 10.9. The molecular weight excluding hydrogens is 435 g/mol. The molecular formula is C29H29N4P. The quantitative estimate of drug-likeness (QED) is 0.251. The van der Waals surface area contributed by atoms with Crippen molar-refractivity contribution in [3.05, 3.63) is 133 Å². The topological polar surface area (TPSA) is 99.6 Å². The summed E-state index contributed by atoms with van der Waals surface area (Å²) in [4.78, 5) is 0. The van der Waals surface area contributed by atoms with Crippen LogP contribution in [-0.2, 0) is 6.16 Å². The first-order chi connectivity index (χ1) is 16.7. The molecule has 0 radical (unpaired) electrons. The average molecular weight is 465 g/mol. The summed E-state index contributed by atoms with van der Waals surface area (Å²) in [6, 6.07) is 41.8. The molecule has 34 heavy (non-hydrogen) atoms. The Balaban J connectivity index is 0.000000618. The van der Waals surface area contributed by atoms with E-state index in [4.69, 9.17) is 10.5 Å². The minimum Gasteiger partial charge on any atom is -0.337 e. The maximum atomic E-state index is 7.10. The zero-order valence-electron chi connectivity index (χ0n) is 19.0. The maximum absolute atomic E-state index is 7.10. The van der Waals surface area contributed by atoms with E-state index >= 15 is 0 Å². The first kappa shape index (κ1) is 25.9. The fourth-order valence-corrected chi connectivity index (χ4v) is 8.94. The maximum Gasteiger partial charge on any atom is 0.173 e. The van der Waals surface area contributed by atoms with Crippen LogP contribution in [0.5, 0.6) is 0 Å². The number of nitrogens with zero attached hydrogens (tertiary/aromatic N) is 2. The van der Waals surface area contributed by atoms with E-state index in [9.17, 15) is 0 Å². The van der Waals surface area contributed by atoms with Crippen LogP contribution in [0, 0.1) is 22.9 Å². The summed E-state index contributed by atoms with van der Waals surface area (Å²) in [7, 11) is -2.26. The third-order valence-corrected chi connectivity index (χ3v) is 10.4. The van der Waals surface area contributed by atoms with Crippen LogP contribution in [0.15, 0.2) is 122 Å². The Bertz CT molecular complexity index is 1120. The van der Waals surface area contributed by atoms with Gasteiger partial charge in [-0.25, -0.2) is 0 Å². The summed E-state index contributed by atoms with van der Waals surface area (Å²) in [5, 5.41) is 18.5. The van der Waals surface area contributed by atoms with Crippen molar-refractivity contribution in [1.29, 1.82) is 10.5 Å². The molecule has 4 aromatic rings. The van der Waals surface area contributed by atoms with Crippen molar-refractivity contribution in [1.82, 2.24) is 0 Å². The van der Waals surface area contributed by atoms with Gasteiger partial charge >= 0.3 is 168 Å². The molecule has 0 aliphatic rings. The van der Waals surface area contributed by atoms with Gasteiger partial charge < -0.3 is 11.5 Å². The predicted octanol–water partition coefficient (Wildman–Crippen LogP) is 4.41. The van der Waals surface area contributed by atoms with Crippen LogP contribution in [0.1, 0.15) is 11.1 Å². The first-order valence-corrected chi connectivity index (χ1v) is 12.9. The number of nitrogens with two attached hydrogens (primary N) is 2. The SMILES string of the molecule is C=Cc1ccccc1C[PH](c1ccccc1)(c1ccccc1)c1ccccc1.N#CN.N#CN. The minimum atomic E-state index is -2.26. The molecule has 0 spiro atoms. The number of hydrogen-bond acceptors (Lipinski definition) is 4. The van der Waals surface area contributed by atoms with Crippen molar-refractivity contribution >= 4 is 29.3 Å². The number of rotatable bonds is 6. The van der Waals surface area contributed by atoms with Crippen LogP contribution in [0.25, 0.3) is 6.08 Å². The van der Waals surface area contributed by atoms with Crippen LogP contribution in [0.4, 0.5) is 0 Å². The summed E-state index contributed by atoms with van der Waals surface area (Å²) in [6.45, 7) is 4.06. The van der Waals surface area contributed by atoms with Crippen LogP contribution in [-0.4, -0.2) is 0 Å². The van der Waals surface area contributed by atoms with Gasteiger partial charge in [0.2, 0.25) is 0 Å². The minimum absolute atomic E-state index is 1.01. The summed E-state index contributed by atoms with van der Waals surface area (Å²) < 4.78 is 0. The standard InChI is InChI=1S/C27H25P.2CH2N2/c1-2-23-14-12-13-15-24(23)22-28(25-16-6-3-7-17-25,26-18-8-4-9-19-26)27-20-10-5-11-21-27;2*2-1-3/h2-21,28H,1,22H2;2*2H2. The smallest absolute Gasteiger partial charge is 0.173 e. The van der Waals surface area contributed by atoms with Crippen LogP contribution >= 0.6 is 7.26 Å². The summed E-state index contributed by atoms with van der Waals surface area (Å²) in [6.07, 6.45) is 5.49. The second-order valence-corrected chi connectivity index (χ2v) is 11.2. The van der Waals surface area contributed by atoms with Crippen LogP contribution in [0.3, 0.4) is 0 Å². The summed E-state index contributed by atoms with van der Waals surface area (Å²) >= 11 is 0. The molecule has 0 aliphatic carbocycles. The molecule has 0 saturated carbocycles. The van der Waals surface area contributed by atoms with Crippen molar-refractivity contribution in [2.75, 3.05) is 0 Å². The van der Waals surface area contributed by atoms with Gasteiger partial charge in [-0.1, -0.05) is 0 Å². The Kier molecular flexibility index (Phi) is 10.6. The molecule has 4 aromatic carbocycles. The van der Waals surface area contributed by atoms with Gasteiger partial charge in [0.25, 0.3) is 0 Å². The summed E-state index contributed by atoms with van der Waals surface area (Å²) in [5.74, 6) is 0. The molecule has 0 unspecified atom stereocenters. The van der Waals surface area contributed by atoms with E-state index in [2.05, 4.69) is 133 Å². The molecule has 4 nitrogen and oxygen atoms in total. The average Bonchev–Trinajstić information content (AvgIpc) is 2.90. The molecule has 170 valence electrons. The normalized spacial score (nSPS) is 10.1. The number of hydrogen-bond donors (Lipinski definition) is 2.